The maximum atomic E-state index is 11.0. The van der Waals surface area contributed by atoms with Crippen molar-refractivity contribution < 1.29 is 9.66 Å². The fourth-order valence-electron chi connectivity index (χ4n) is 3.80. The molecule has 0 bridgehead atoms. The molecule has 1 saturated carbocycles. The maximum Gasteiger partial charge on any atom is 0.273 e. The highest BCUT2D eigenvalue weighted by molar-refractivity contribution is 5.39. The summed E-state index contributed by atoms with van der Waals surface area (Å²) in [5, 5.41) is 14.5. The summed E-state index contributed by atoms with van der Waals surface area (Å²) in [6, 6.07) is 7.30. The minimum atomic E-state index is -0.315. The lowest BCUT2D eigenvalue weighted by atomic mass is 9.57. The minimum absolute atomic E-state index is 0.102. The summed E-state index contributed by atoms with van der Waals surface area (Å²) in [6.07, 6.45) is 1.42. The Morgan fingerprint density at radius 1 is 1.45 bits per heavy atom. The summed E-state index contributed by atoms with van der Waals surface area (Å²) in [7, 11) is 0. The number of para-hydroxylation sites is 1. The predicted molar refractivity (Wildman–Crippen MR) is 75.4 cm³/mol. The summed E-state index contributed by atoms with van der Waals surface area (Å²) < 4.78 is 5.76. The first-order valence-corrected chi connectivity index (χ1v) is 7.09. The molecule has 108 valence electrons. The van der Waals surface area contributed by atoms with Crippen molar-refractivity contribution >= 4 is 5.69 Å². The van der Waals surface area contributed by atoms with E-state index in [0.29, 0.717) is 24.6 Å². The van der Waals surface area contributed by atoms with Gasteiger partial charge in [-0.15, -0.1) is 0 Å². The molecule has 1 aliphatic heterocycles. The Morgan fingerprint density at radius 2 is 2.20 bits per heavy atom. The molecule has 3 atom stereocenters. The average molecular weight is 276 g/mol. The molecule has 1 aliphatic carbocycles. The second kappa shape index (κ2) is 4.82. The van der Waals surface area contributed by atoms with Gasteiger partial charge in [0.2, 0.25) is 0 Å². The molecule has 0 aromatic heterocycles. The van der Waals surface area contributed by atoms with Crippen molar-refractivity contribution in [2.45, 2.75) is 39.0 Å². The largest absolute Gasteiger partial charge is 0.377 e. The van der Waals surface area contributed by atoms with Crippen LogP contribution in [-0.2, 0) is 11.3 Å². The number of hydrogen-bond acceptors (Lipinski definition) is 4. The number of nitro groups is 1. The van der Waals surface area contributed by atoms with Gasteiger partial charge in [-0.25, -0.2) is 0 Å². The zero-order chi connectivity index (χ0) is 14.3. The number of rotatable bonds is 4. The van der Waals surface area contributed by atoms with Crippen LogP contribution < -0.4 is 5.32 Å². The Labute approximate surface area is 118 Å². The van der Waals surface area contributed by atoms with Gasteiger partial charge in [-0.2, -0.15) is 0 Å². The lowest BCUT2D eigenvalue weighted by Crippen LogP contribution is -2.65. The summed E-state index contributed by atoms with van der Waals surface area (Å²) >= 11 is 0. The first kappa shape index (κ1) is 13.5. The van der Waals surface area contributed by atoms with Crippen LogP contribution in [0, 0.1) is 21.4 Å². The number of nitrogens with zero attached hydrogens (tertiary/aromatic N) is 1. The van der Waals surface area contributed by atoms with Crippen LogP contribution in [0.3, 0.4) is 0 Å². The van der Waals surface area contributed by atoms with Gasteiger partial charge in [0, 0.05) is 42.2 Å². The standard InChI is InChI=1S/C15H20N2O3/c1-15(2)13(11-7-8-20-14(11)15)16-9-10-5-3-4-6-12(10)17(18)19/h3-6,11,13-14,16H,7-9H2,1-2H3. The highest BCUT2D eigenvalue weighted by atomic mass is 16.6. The fourth-order valence-corrected chi connectivity index (χ4v) is 3.80. The highest BCUT2D eigenvalue weighted by Crippen LogP contribution is 2.52. The molecular weight excluding hydrogens is 256 g/mol. The fraction of sp³-hybridized carbons (Fsp3) is 0.600. The van der Waals surface area contributed by atoms with Crippen molar-refractivity contribution in [3.63, 3.8) is 0 Å². The van der Waals surface area contributed by atoms with Crippen molar-refractivity contribution in [3.8, 4) is 0 Å². The SMILES string of the molecule is CC1(C)C(NCc2ccccc2[N+](=O)[O-])C2CCOC21. The molecule has 5 heteroatoms. The van der Waals surface area contributed by atoms with Gasteiger partial charge in [0.05, 0.1) is 11.0 Å². The quantitative estimate of drug-likeness (QED) is 0.678. The van der Waals surface area contributed by atoms with E-state index in [2.05, 4.69) is 19.2 Å². The van der Waals surface area contributed by atoms with E-state index >= 15 is 0 Å². The van der Waals surface area contributed by atoms with Crippen LogP contribution in [0.1, 0.15) is 25.8 Å². The minimum Gasteiger partial charge on any atom is -0.377 e. The molecule has 1 aromatic carbocycles. The summed E-state index contributed by atoms with van der Waals surface area (Å²) in [6.45, 7) is 5.78. The number of fused-ring (bicyclic) bond motifs is 1. The normalized spacial score (nSPS) is 30.6. The third-order valence-corrected chi connectivity index (χ3v) is 4.80. The molecule has 20 heavy (non-hydrogen) atoms. The van der Waals surface area contributed by atoms with Gasteiger partial charge in [0.25, 0.3) is 5.69 Å². The molecule has 0 amide bonds. The molecule has 0 spiro atoms. The summed E-state index contributed by atoms with van der Waals surface area (Å²) in [5.74, 6) is 0.549. The van der Waals surface area contributed by atoms with Gasteiger partial charge in [-0.1, -0.05) is 32.0 Å². The molecule has 1 aromatic rings. The molecule has 2 aliphatic rings. The molecule has 0 radical (unpaired) electrons. The van der Waals surface area contributed by atoms with Crippen molar-refractivity contribution in [1.82, 2.24) is 5.32 Å². The van der Waals surface area contributed by atoms with Crippen LogP contribution in [-0.4, -0.2) is 23.7 Å². The molecule has 1 N–H and O–H groups in total. The van der Waals surface area contributed by atoms with Crippen LogP contribution in [0.15, 0.2) is 24.3 Å². The Hall–Kier alpha value is -1.46. The topological polar surface area (TPSA) is 64.4 Å². The van der Waals surface area contributed by atoms with Crippen molar-refractivity contribution in [3.05, 3.63) is 39.9 Å². The third-order valence-electron chi connectivity index (χ3n) is 4.80. The molecule has 1 heterocycles. The number of ether oxygens (including phenoxy) is 1. The van der Waals surface area contributed by atoms with Crippen molar-refractivity contribution in [1.29, 1.82) is 0 Å². The molecule has 3 rings (SSSR count). The van der Waals surface area contributed by atoms with Gasteiger partial charge in [0.15, 0.2) is 0 Å². The van der Waals surface area contributed by atoms with E-state index in [1.165, 1.54) is 0 Å². The number of nitrogens with one attached hydrogen (secondary N) is 1. The van der Waals surface area contributed by atoms with Crippen molar-refractivity contribution in [2.75, 3.05) is 6.61 Å². The van der Waals surface area contributed by atoms with E-state index in [0.717, 1.165) is 18.6 Å². The predicted octanol–water partition coefficient (Wildman–Crippen LogP) is 2.50. The van der Waals surface area contributed by atoms with Gasteiger partial charge in [-0.05, 0) is 6.42 Å². The van der Waals surface area contributed by atoms with Gasteiger partial charge in [0.1, 0.15) is 0 Å². The highest BCUT2D eigenvalue weighted by Gasteiger charge is 2.58. The lowest BCUT2D eigenvalue weighted by molar-refractivity contribution is -0.385. The average Bonchev–Trinajstić information content (AvgIpc) is 2.86. The Bertz CT molecular complexity index is 530. The molecule has 3 unspecified atom stereocenters. The van der Waals surface area contributed by atoms with Crippen LogP contribution in [0.4, 0.5) is 5.69 Å². The van der Waals surface area contributed by atoms with Gasteiger partial charge in [-0.3, -0.25) is 10.1 Å². The molecule has 2 fully saturated rings. The van der Waals surface area contributed by atoms with Crippen LogP contribution >= 0.6 is 0 Å². The van der Waals surface area contributed by atoms with E-state index in [-0.39, 0.29) is 16.0 Å². The first-order chi connectivity index (χ1) is 9.51. The zero-order valence-electron chi connectivity index (χ0n) is 11.8. The molecule has 5 nitrogen and oxygen atoms in total. The number of hydrogen-bond donors (Lipinski definition) is 1. The van der Waals surface area contributed by atoms with Crippen LogP contribution in [0.5, 0.6) is 0 Å². The number of benzene rings is 1. The Kier molecular flexibility index (Phi) is 3.26. The smallest absolute Gasteiger partial charge is 0.273 e. The summed E-state index contributed by atoms with van der Waals surface area (Å²) in [5.41, 5.74) is 1.04. The van der Waals surface area contributed by atoms with Crippen molar-refractivity contribution in [2.24, 2.45) is 11.3 Å². The zero-order valence-corrected chi connectivity index (χ0v) is 11.8. The number of nitro benzene ring substituents is 1. The first-order valence-electron chi connectivity index (χ1n) is 7.09. The maximum absolute atomic E-state index is 11.0. The molecular formula is C15H20N2O3. The van der Waals surface area contributed by atoms with E-state index < -0.39 is 0 Å². The van der Waals surface area contributed by atoms with Gasteiger partial charge >= 0.3 is 0 Å². The van der Waals surface area contributed by atoms with E-state index in [9.17, 15) is 10.1 Å². The summed E-state index contributed by atoms with van der Waals surface area (Å²) in [4.78, 5) is 10.7. The van der Waals surface area contributed by atoms with E-state index in [4.69, 9.17) is 4.74 Å². The monoisotopic (exact) mass is 276 g/mol. The second-order valence-electron chi connectivity index (χ2n) is 6.31. The molecule has 1 saturated heterocycles. The Balaban J connectivity index is 1.70. The third kappa shape index (κ3) is 2.01. The van der Waals surface area contributed by atoms with Gasteiger partial charge < -0.3 is 10.1 Å². The Morgan fingerprint density at radius 3 is 2.95 bits per heavy atom. The van der Waals surface area contributed by atoms with Crippen LogP contribution in [0.2, 0.25) is 0 Å². The van der Waals surface area contributed by atoms with E-state index in [1.807, 2.05) is 12.1 Å². The van der Waals surface area contributed by atoms with E-state index in [1.54, 1.807) is 12.1 Å². The lowest BCUT2D eigenvalue weighted by Gasteiger charge is -2.55. The van der Waals surface area contributed by atoms with Crippen LogP contribution in [0.25, 0.3) is 0 Å². The second-order valence-corrected chi connectivity index (χ2v) is 6.31.